The maximum absolute atomic E-state index is 5.23. The standard InChI is InChI=1S/C12H16N2O2/c1-8(13-2)9-6-11(15-4)12(16-5)7-10(9)14-3/h6-7H,2H2,1,3-5H3/b9-8-,14-10-. The minimum absolute atomic E-state index is 0.656. The summed E-state index contributed by atoms with van der Waals surface area (Å²) in [4.78, 5) is 8.09. The molecule has 0 bridgehead atoms. The zero-order valence-electron chi connectivity index (χ0n) is 10.1. The van der Waals surface area contributed by atoms with E-state index in [0.29, 0.717) is 11.5 Å². The molecule has 0 amide bonds. The van der Waals surface area contributed by atoms with E-state index in [-0.39, 0.29) is 0 Å². The molecule has 0 fully saturated rings. The summed E-state index contributed by atoms with van der Waals surface area (Å²) < 4.78 is 10.4. The molecule has 0 heterocycles. The predicted octanol–water partition coefficient (Wildman–Crippen LogP) is 2.11. The molecule has 1 aliphatic rings. The molecule has 0 aliphatic heterocycles. The lowest BCUT2D eigenvalue weighted by Crippen LogP contribution is -2.10. The highest BCUT2D eigenvalue weighted by Crippen LogP contribution is 2.24. The molecule has 4 nitrogen and oxygen atoms in total. The summed E-state index contributed by atoms with van der Waals surface area (Å²) in [6.07, 6.45) is 3.67. The summed E-state index contributed by atoms with van der Waals surface area (Å²) in [7, 11) is 4.92. The van der Waals surface area contributed by atoms with Crippen LogP contribution >= 0.6 is 0 Å². The van der Waals surface area contributed by atoms with Gasteiger partial charge >= 0.3 is 0 Å². The Morgan fingerprint density at radius 2 is 1.75 bits per heavy atom. The number of hydrogen-bond donors (Lipinski definition) is 0. The van der Waals surface area contributed by atoms with Gasteiger partial charge in [0.25, 0.3) is 0 Å². The average Bonchev–Trinajstić information content (AvgIpc) is 2.35. The fourth-order valence-corrected chi connectivity index (χ4v) is 1.43. The van der Waals surface area contributed by atoms with Crippen molar-refractivity contribution in [3.63, 3.8) is 0 Å². The van der Waals surface area contributed by atoms with E-state index >= 15 is 0 Å². The van der Waals surface area contributed by atoms with Crippen LogP contribution in [0, 0.1) is 0 Å². The normalized spacial score (nSPS) is 21.1. The van der Waals surface area contributed by atoms with Crippen LogP contribution in [0.5, 0.6) is 0 Å². The molecule has 0 aromatic rings. The molecular formula is C12H16N2O2. The van der Waals surface area contributed by atoms with Gasteiger partial charge in [0.2, 0.25) is 0 Å². The summed E-state index contributed by atoms with van der Waals surface area (Å²) in [5.74, 6) is 1.32. The molecule has 0 unspecified atom stereocenters. The molecule has 1 aliphatic carbocycles. The van der Waals surface area contributed by atoms with E-state index in [0.717, 1.165) is 17.0 Å². The van der Waals surface area contributed by atoms with E-state index in [1.54, 1.807) is 21.3 Å². The Morgan fingerprint density at radius 1 is 1.19 bits per heavy atom. The van der Waals surface area contributed by atoms with Gasteiger partial charge in [-0.25, -0.2) is 0 Å². The Hall–Kier alpha value is -1.84. The van der Waals surface area contributed by atoms with Crippen LogP contribution in [-0.2, 0) is 9.47 Å². The molecule has 0 saturated heterocycles. The van der Waals surface area contributed by atoms with Gasteiger partial charge in [-0.1, -0.05) is 0 Å². The highest BCUT2D eigenvalue weighted by Gasteiger charge is 2.18. The van der Waals surface area contributed by atoms with Crippen molar-refractivity contribution in [3.05, 3.63) is 34.9 Å². The monoisotopic (exact) mass is 220 g/mol. The Kier molecular flexibility index (Phi) is 4.05. The van der Waals surface area contributed by atoms with Crippen LogP contribution in [0.15, 0.2) is 44.9 Å². The second kappa shape index (κ2) is 5.30. The van der Waals surface area contributed by atoms with Crippen LogP contribution in [0.2, 0.25) is 0 Å². The van der Waals surface area contributed by atoms with Gasteiger partial charge in [-0.3, -0.25) is 9.98 Å². The Bertz CT molecular complexity index is 415. The lowest BCUT2D eigenvalue weighted by atomic mass is 10.0. The molecule has 0 radical (unpaired) electrons. The quantitative estimate of drug-likeness (QED) is 0.684. The summed E-state index contributed by atoms with van der Waals surface area (Å²) in [6, 6.07) is 0. The van der Waals surface area contributed by atoms with Crippen molar-refractivity contribution >= 4 is 12.4 Å². The first-order valence-corrected chi connectivity index (χ1v) is 4.84. The van der Waals surface area contributed by atoms with E-state index < -0.39 is 0 Å². The van der Waals surface area contributed by atoms with Gasteiger partial charge in [-0.2, -0.15) is 0 Å². The van der Waals surface area contributed by atoms with Crippen molar-refractivity contribution in [1.29, 1.82) is 0 Å². The van der Waals surface area contributed by atoms with E-state index in [4.69, 9.17) is 9.47 Å². The van der Waals surface area contributed by atoms with E-state index in [1.165, 1.54) is 0 Å². The molecule has 0 saturated carbocycles. The maximum atomic E-state index is 5.23. The lowest BCUT2D eigenvalue weighted by molar-refractivity contribution is 0.220. The van der Waals surface area contributed by atoms with Crippen LogP contribution in [0.25, 0.3) is 0 Å². The first kappa shape index (κ1) is 12.2. The van der Waals surface area contributed by atoms with Crippen molar-refractivity contribution in [2.45, 2.75) is 6.92 Å². The second-order valence-electron chi connectivity index (χ2n) is 3.19. The minimum Gasteiger partial charge on any atom is -0.493 e. The fourth-order valence-electron chi connectivity index (χ4n) is 1.43. The van der Waals surface area contributed by atoms with E-state index in [9.17, 15) is 0 Å². The molecule has 0 spiro atoms. The van der Waals surface area contributed by atoms with Gasteiger partial charge in [-0.15, -0.1) is 0 Å². The van der Waals surface area contributed by atoms with Gasteiger partial charge < -0.3 is 9.47 Å². The minimum atomic E-state index is 0.656. The lowest BCUT2D eigenvalue weighted by Gasteiger charge is -2.17. The Balaban J connectivity index is 3.31. The molecule has 0 aromatic carbocycles. The average molecular weight is 220 g/mol. The second-order valence-corrected chi connectivity index (χ2v) is 3.19. The molecule has 0 aromatic heterocycles. The van der Waals surface area contributed by atoms with Crippen molar-refractivity contribution in [2.75, 3.05) is 21.3 Å². The van der Waals surface area contributed by atoms with Crippen molar-refractivity contribution in [2.24, 2.45) is 9.98 Å². The van der Waals surface area contributed by atoms with Crippen LogP contribution in [0.1, 0.15) is 6.92 Å². The van der Waals surface area contributed by atoms with E-state index in [2.05, 4.69) is 16.7 Å². The van der Waals surface area contributed by atoms with Crippen LogP contribution in [0.3, 0.4) is 0 Å². The molecule has 4 heteroatoms. The smallest absolute Gasteiger partial charge is 0.162 e. The highest BCUT2D eigenvalue weighted by atomic mass is 16.5. The largest absolute Gasteiger partial charge is 0.493 e. The molecule has 0 N–H and O–H groups in total. The third-order valence-corrected chi connectivity index (χ3v) is 2.37. The SMILES string of the molecule is C=N/C(C)=C1/C=C(OC)C(OC)=C/C1=N/C. The zero-order chi connectivity index (χ0) is 12.1. The summed E-state index contributed by atoms with van der Waals surface area (Å²) in [5.41, 5.74) is 2.51. The fraction of sp³-hybridized carbons (Fsp3) is 0.333. The topological polar surface area (TPSA) is 43.2 Å². The van der Waals surface area contributed by atoms with Crippen molar-refractivity contribution in [3.8, 4) is 0 Å². The highest BCUT2D eigenvalue weighted by molar-refractivity contribution is 6.12. The van der Waals surface area contributed by atoms with Crippen molar-refractivity contribution in [1.82, 2.24) is 0 Å². The molecular weight excluding hydrogens is 204 g/mol. The first-order chi connectivity index (χ1) is 7.67. The van der Waals surface area contributed by atoms with Gasteiger partial charge in [0, 0.05) is 24.4 Å². The van der Waals surface area contributed by atoms with Crippen LogP contribution in [0.4, 0.5) is 0 Å². The molecule has 16 heavy (non-hydrogen) atoms. The predicted molar refractivity (Wildman–Crippen MR) is 65.8 cm³/mol. The van der Waals surface area contributed by atoms with Gasteiger partial charge in [0.15, 0.2) is 11.5 Å². The number of ether oxygens (including phenoxy) is 2. The maximum Gasteiger partial charge on any atom is 0.162 e. The van der Waals surface area contributed by atoms with Crippen LogP contribution < -0.4 is 0 Å². The Labute approximate surface area is 95.7 Å². The van der Waals surface area contributed by atoms with E-state index in [1.807, 2.05) is 19.1 Å². The number of methoxy groups -OCH3 is 2. The van der Waals surface area contributed by atoms with Gasteiger partial charge in [0.1, 0.15) is 0 Å². The molecule has 86 valence electrons. The zero-order valence-corrected chi connectivity index (χ0v) is 10.1. The third kappa shape index (κ3) is 2.21. The third-order valence-electron chi connectivity index (χ3n) is 2.37. The molecule has 0 atom stereocenters. The number of nitrogens with zero attached hydrogens (tertiary/aromatic N) is 2. The van der Waals surface area contributed by atoms with Crippen LogP contribution in [-0.4, -0.2) is 33.7 Å². The summed E-state index contributed by atoms with van der Waals surface area (Å²) in [6.45, 7) is 5.39. The number of allylic oxidation sites excluding steroid dienone is 4. The number of rotatable bonds is 3. The number of aliphatic imine (C=N–C) groups is 2. The first-order valence-electron chi connectivity index (χ1n) is 4.84. The summed E-state index contributed by atoms with van der Waals surface area (Å²) >= 11 is 0. The molecule has 1 rings (SSSR count). The van der Waals surface area contributed by atoms with Gasteiger partial charge in [-0.05, 0) is 19.7 Å². The Morgan fingerprint density at radius 3 is 2.19 bits per heavy atom. The van der Waals surface area contributed by atoms with Gasteiger partial charge in [0.05, 0.1) is 19.9 Å². The van der Waals surface area contributed by atoms with Crippen molar-refractivity contribution < 1.29 is 9.47 Å². The number of hydrogen-bond acceptors (Lipinski definition) is 4. The summed E-state index contributed by atoms with van der Waals surface area (Å²) in [5, 5.41) is 0.